The Morgan fingerprint density at radius 1 is 0.722 bits per heavy atom. The van der Waals surface area contributed by atoms with E-state index in [0.29, 0.717) is 11.1 Å². The van der Waals surface area contributed by atoms with Crippen molar-refractivity contribution in [3.8, 4) is 0 Å². The van der Waals surface area contributed by atoms with E-state index in [1.54, 1.807) is 0 Å². The average molecular weight is 353 g/mol. The molecule has 3 heteroatoms. The molecule has 0 radical (unpaired) electrons. The van der Waals surface area contributed by atoms with E-state index in [-0.39, 0.29) is 0 Å². The zero-order chi connectivity index (χ0) is 13.0. The molecule has 2 nitrogen and oxygen atoms in total. The van der Waals surface area contributed by atoms with Gasteiger partial charge in [-0.15, -0.1) is 0 Å². The van der Waals surface area contributed by atoms with Crippen molar-refractivity contribution in [3.05, 3.63) is 59.7 Å². The summed E-state index contributed by atoms with van der Waals surface area (Å²) >= 11 is -1.54. The summed E-state index contributed by atoms with van der Waals surface area (Å²) in [5.41, 5.74) is 1.42. The fourth-order valence-electron chi connectivity index (χ4n) is 1.64. The Morgan fingerprint density at radius 2 is 1.06 bits per heavy atom. The van der Waals surface area contributed by atoms with Crippen molar-refractivity contribution in [3.63, 3.8) is 0 Å². The summed E-state index contributed by atoms with van der Waals surface area (Å²) in [7, 11) is 0. The van der Waals surface area contributed by atoms with Crippen LogP contribution in [0.15, 0.2) is 48.5 Å². The molecule has 0 amide bonds. The van der Waals surface area contributed by atoms with Crippen molar-refractivity contribution in [1.29, 1.82) is 0 Å². The molecule has 0 aliphatic carbocycles. The van der Waals surface area contributed by atoms with Crippen molar-refractivity contribution in [2.45, 2.75) is 4.97 Å². The van der Waals surface area contributed by atoms with Crippen LogP contribution in [0.5, 0.6) is 0 Å². The third-order valence-corrected chi connectivity index (χ3v) is 8.33. The number of benzene rings is 2. The molecule has 0 saturated heterocycles. The summed E-state index contributed by atoms with van der Waals surface area (Å²) in [5.74, 6) is 0. The van der Waals surface area contributed by atoms with E-state index in [9.17, 15) is 9.59 Å². The molecule has 0 aromatic heterocycles. The van der Waals surface area contributed by atoms with Gasteiger partial charge in [-0.05, 0) is 0 Å². The molecule has 0 fully saturated rings. The summed E-state index contributed by atoms with van der Waals surface area (Å²) in [5, 5.41) is 0. The normalized spacial score (nSPS) is 10.3. The van der Waals surface area contributed by atoms with Crippen LogP contribution < -0.4 is 7.22 Å². The van der Waals surface area contributed by atoms with Crippen LogP contribution in [0.25, 0.3) is 0 Å². The van der Waals surface area contributed by atoms with Crippen LogP contribution in [-0.4, -0.2) is 32.1 Å². The molecule has 0 spiro atoms. The fraction of sp³-hybridized carbons (Fsp3) is 0.0667. The second-order valence-corrected chi connectivity index (χ2v) is 9.49. The van der Waals surface area contributed by atoms with Crippen LogP contribution in [-0.2, 0) is 0 Å². The van der Waals surface area contributed by atoms with Gasteiger partial charge in [-0.25, -0.2) is 0 Å². The first-order valence-corrected chi connectivity index (χ1v) is 10.2. The molecule has 2 rings (SSSR count). The minimum absolute atomic E-state index is 0.710. The van der Waals surface area contributed by atoms with Crippen LogP contribution in [0.2, 0.25) is 4.97 Å². The zero-order valence-electron chi connectivity index (χ0n) is 10.00. The van der Waals surface area contributed by atoms with Gasteiger partial charge in [0.15, 0.2) is 0 Å². The van der Waals surface area contributed by atoms with E-state index in [1.165, 1.54) is 7.22 Å². The Morgan fingerprint density at radius 3 is 1.33 bits per heavy atom. The molecule has 0 unspecified atom stereocenters. The number of aldehydes is 2. The van der Waals surface area contributed by atoms with Crippen molar-refractivity contribution < 1.29 is 9.59 Å². The number of carbonyl (C=O) groups is 2. The van der Waals surface area contributed by atoms with E-state index >= 15 is 0 Å². The fourth-order valence-corrected chi connectivity index (χ4v) is 5.52. The van der Waals surface area contributed by atoms with Gasteiger partial charge >= 0.3 is 114 Å². The van der Waals surface area contributed by atoms with Crippen LogP contribution >= 0.6 is 0 Å². The SMILES string of the molecule is C[Te+](c1ccc(C=O)cc1)c1ccc(C=O)cc1. The molecular formula is C15H13O2Te+. The third kappa shape index (κ3) is 2.87. The molecule has 90 valence electrons. The number of rotatable bonds is 4. The predicted molar refractivity (Wildman–Crippen MR) is 74.5 cm³/mol. The van der Waals surface area contributed by atoms with Gasteiger partial charge in [-0.3, -0.25) is 0 Å². The van der Waals surface area contributed by atoms with E-state index in [1.807, 2.05) is 48.5 Å². The van der Waals surface area contributed by atoms with Crippen molar-refractivity contribution in [1.82, 2.24) is 0 Å². The van der Waals surface area contributed by atoms with Gasteiger partial charge in [0.2, 0.25) is 0 Å². The second-order valence-electron chi connectivity index (χ2n) is 3.88. The molecule has 0 N–H and O–H groups in total. The minimum atomic E-state index is -1.54. The van der Waals surface area contributed by atoms with Gasteiger partial charge in [0, 0.05) is 0 Å². The Kier molecular flexibility index (Phi) is 4.30. The topological polar surface area (TPSA) is 34.1 Å². The first kappa shape index (κ1) is 13.0. The monoisotopic (exact) mass is 355 g/mol. The van der Waals surface area contributed by atoms with Crippen LogP contribution in [0.3, 0.4) is 0 Å². The zero-order valence-corrected chi connectivity index (χ0v) is 12.3. The standard InChI is InChI=1S/C15H13O2Te/c1-18(14-6-2-12(10-16)3-7-14)15-8-4-13(11-17)5-9-15/h2-11H,1H3/q+1. The van der Waals surface area contributed by atoms with Crippen LogP contribution in [0.4, 0.5) is 0 Å². The summed E-state index contributed by atoms with van der Waals surface area (Å²) in [6, 6.07) is 15.6. The summed E-state index contributed by atoms with van der Waals surface area (Å²) in [4.78, 5) is 23.5. The molecule has 0 aliphatic heterocycles. The van der Waals surface area contributed by atoms with Crippen LogP contribution in [0, 0.1) is 0 Å². The van der Waals surface area contributed by atoms with E-state index < -0.39 is 19.6 Å². The Balaban J connectivity index is 2.25. The average Bonchev–Trinajstić information content (AvgIpc) is 2.47. The van der Waals surface area contributed by atoms with E-state index in [0.717, 1.165) is 12.6 Å². The quantitative estimate of drug-likeness (QED) is 0.618. The Hall–Kier alpha value is -1.43. The van der Waals surface area contributed by atoms with E-state index in [2.05, 4.69) is 4.97 Å². The van der Waals surface area contributed by atoms with Gasteiger partial charge in [-0.2, -0.15) is 0 Å². The van der Waals surface area contributed by atoms with Gasteiger partial charge in [0.25, 0.3) is 0 Å². The molecule has 0 heterocycles. The molecule has 0 aliphatic rings. The molecular weight excluding hydrogens is 340 g/mol. The second kappa shape index (κ2) is 5.95. The number of carbonyl (C=O) groups excluding carboxylic acids is 2. The molecule has 18 heavy (non-hydrogen) atoms. The molecule has 2 aromatic carbocycles. The van der Waals surface area contributed by atoms with Crippen molar-refractivity contribution in [2.75, 3.05) is 0 Å². The Bertz CT molecular complexity index is 492. The van der Waals surface area contributed by atoms with Crippen molar-refractivity contribution in [2.24, 2.45) is 0 Å². The van der Waals surface area contributed by atoms with Gasteiger partial charge in [0.1, 0.15) is 0 Å². The molecule has 0 saturated carbocycles. The summed E-state index contributed by atoms with van der Waals surface area (Å²) in [6.45, 7) is 0. The molecule has 0 atom stereocenters. The van der Waals surface area contributed by atoms with Gasteiger partial charge in [0.05, 0.1) is 0 Å². The van der Waals surface area contributed by atoms with Crippen molar-refractivity contribution >= 4 is 39.3 Å². The van der Waals surface area contributed by atoms with Crippen LogP contribution in [0.1, 0.15) is 20.7 Å². The molecule has 0 bridgehead atoms. The first-order valence-electron chi connectivity index (χ1n) is 5.51. The predicted octanol–water partition coefficient (Wildman–Crippen LogP) is 1.55. The third-order valence-electron chi connectivity index (χ3n) is 2.74. The summed E-state index contributed by atoms with van der Waals surface area (Å²) in [6.07, 6.45) is 1.72. The maximum atomic E-state index is 10.6. The Labute approximate surface area is 113 Å². The summed E-state index contributed by atoms with van der Waals surface area (Å²) < 4.78 is 2.64. The van der Waals surface area contributed by atoms with Gasteiger partial charge < -0.3 is 0 Å². The van der Waals surface area contributed by atoms with E-state index in [4.69, 9.17) is 0 Å². The maximum absolute atomic E-state index is 10.6. The number of hydrogen-bond acceptors (Lipinski definition) is 2. The number of hydrogen-bond donors (Lipinski definition) is 0. The first-order chi connectivity index (χ1) is 8.74. The molecule has 2 aromatic rings. The van der Waals surface area contributed by atoms with Gasteiger partial charge in [-0.1, -0.05) is 0 Å².